The second kappa shape index (κ2) is 7.11. The van der Waals surface area contributed by atoms with Crippen LogP contribution >= 0.6 is 0 Å². The number of carboxylic acid groups (broad SMARTS) is 1. The van der Waals surface area contributed by atoms with E-state index in [0.29, 0.717) is 17.8 Å². The molecule has 0 bridgehead atoms. The molecular formula is C16H22N2O3. The summed E-state index contributed by atoms with van der Waals surface area (Å²) < 4.78 is 5.28. The predicted octanol–water partition coefficient (Wildman–Crippen LogP) is 2.75. The number of aliphatic carboxylic acids is 1. The lowest BCUT2D eigenvalue weighted by Gasteiger charge is -2.36. The molecule has 0 aliphatic carbocycles. The fourth-order valence-electron chi connectivity index (χ4n) is 2.62. The highest BCUT2D eigenvalue weighted by atomic mass is 16.5. The first-order valence-corrected chi connectivity index (χ1v) is 7.34. The molecule has 1 aliphatic heterocycles. The highest BCUT2D eigenvalue weighted by molar-refractivity contribution is 5.83. The predicted molar refractivity (Wildman–Crippen MR) is 81.8 cm³/mol. The number of carboxylic acids is 1. The van der Waals surface area contributed by atoms with Gasteiger partial charge in [-0.05, 0) is 45.2 Å². The van der Waals surface area contributed by atoms with Crippen LogP contribution in [-0.4, -0.2) is 41.0 Å². The Balaban J connectivity index is 2.10. The van der Waals surface area contributed by atoms with Crippen molar-refractivity contribution in [2.45, 2.75) is 45.2 Å². The number of rotatable bonds is 5. The topological polar surface area (TPSA) is 62.1 Å². The Morgan fingerprint density at radius 1 is 1.38 bits per heavy atom. The van der Waals surface area contributed by atoms with E-state index in [4.69, 9.17) is 9.84 Å². The summed E-state index contributed by atoms with van der Waals surface area (Å²) in [4.78, 5) is 10.6. The highest BCUT2D eigenvalue weighted by Gasteiger charge is 2.22. The molecule has 1 aromatic rings. The van der Waals surface area contributed by atoms with Crippen molar-refractivity contribution in [3.05, 3.63) is 29.8 Å². The number of piperidine rings is 1. The molecule has 1 heterocycles. The van der Waals surface area contributed by atoms with Gasteiger partial charge in [0, 0.05) is 17.6 Å². The number of nitrogens with zero attached hydrogens (tertiary/aromatic N) is 2. The Kier molecular flexibility index (Phi) is 5.20. The van der Waals surface area contributed by atoms with Crippen LogP contribution in [0.2, 0.25) is 0 Å². The minimum Gasteiger partial charge on any atom is -0.481 e. The van der Waals surface area contributed by atoms with E-state index >= 15 is 0 Å². The van der Waals surface area contributed by atoms with Gasteiger partial charge in [-0.1, -0.05) is 12.1 Å². The van der Waals surface area contributed by atoms with Gasteiger partial charge in [0.25, 0.3) is 0 Å². The van der Waals surface area contributed by atoms with Gasteiger partial charge in [0.15, 0.2) is 6.61 Å². The van der Waals surface area contributed by atoms with Crippen molar-refractivity contribution in [3.63, 3.8) is 0 Å². The van der Waals surface area contributed by atoms with E-state index in [-0.39, 0.29) is 6.61 Å². The molecule has 114 valence electrons. The van der Waals surface area contributed by atoms with Gasteiger partial charge in [0.1, 0.15) is 5.75 Å². The van der Waals surface area contributed by atoms with E-state index in [0.717, 1.165) is 18.4 Å². The maximum absolute atomic E-state index is 10.6. The minimum absolute atomic E-state index is 0.346. The van der Waals surface area contributed by atoms with Crippen LogP contribution in [0.5, 0.6) is 5.75 Å². The largest absolute Gasteiger partial charge is 0.481 e. The summed E-state index contributed by atoms with van der Waals surface area (Å²) >= 11 is 0. The van der Waals surface area contributed by atoms with Crippen LogP contribution in [0.4, 0.5) is 0 Å². The number of para-hydroxylation sites is 1. The number of carbonyl (C=O) groups is 1. The molecule has 1 aromatic carbocycles. The molecule has 0 aromatic heterocycles. The van der Waals surface area contributed by atoms with E-state index in [1.165, 1.54) is 6.42 Å². The summed E-state index contributed by atoms with van der Waals surface area (Å²) in [5, 5.41) is 15.4. The summed E-state index contributed by atoms with van der Waals surface area (Å²) in [5.74, 6) is -0.444. The first-order chi connectivity index (χ1) is 10.1. The lowest BCUT2D eigenvalue weighted by atomic mass is 10.00. The fraction of sp³-hybridized carbons (Fsp3) is 0.500. The third kappa shape index (κ3) is 4.21. The summed E-state index contributed by atoms with van der Waals surface area (Å²) in [7, 11) is 0. The Morgan fingerprint density at radius 2 is 2.05 bits per heavy atom. The quantitative estimate of drug-likeness (QED) is 0.847. The Bertz CT molecular complexity index is 506. The molecule has 0 radical (unpaired) electrons. The first kappa shape index (κ1) is 15.4. The zero-order valence-electron chi connectivity index (χ0n) is 12.5. The third-order valence-corrected chi connectivity index (χ3v) is 3.75. The SMILES string of the molecule is CC1CCCC(C)N1N=Cc1ccccc1OCC(=O)O. The van der Waals surface area contributed by atoms with Crippen molar-refractivity contribution in [1.29, 1.82) is 0 Å². The van der Waals surface area contributed by atoms with Gasteiger partial charge in [-0.25, -0.2) is 4.79 Å². The Labute approximate surface area is 125 Å². The molecule has 2 atom stereocenters. The van der Waals surface area contributed by atoms with Gasteiger partial charge < -0.3 is 9.84 Å². The Morgan fingerprint density at radius 3 is 2.71 bits per heavy atom. The Hall–Kier alpha value is -2.04. The first-order valence-electron chi connectivity index (χ1n) is 7.34. The smallest absolute Gasteiger partial charge is 0.341 e. The van der Waals surface area contributed by atoms with Crippen LogP contribution < -0.4 is 4.74 Å². The normalized spacial score (nSPS) is 22.5. The van der Waals surface area contributed by atoms with E-state index in [2.05, 4.69) is 24.0 Å². The summed E-state index contributed by atoms with van der Waals surface area (Å²) in [5.41, 5.74) is 0.795. The third-order valence-electron chi connectivity index (χ3n) is 3.75. The molecule has 0 spiro atoms. The molecule has 0 saturated carbocycles. The van der Waals surface area contributed by atoms with Gasteiger partial charge >= 0.3 is 5.97 Å². The fourth-order valence-corrected chi connectivity index (χ4v) is 2.62. The van der Waals surface area contributed by atoms with Crippen molar-refractivity contribution in [2.24, 2.45) is 5.10 Å². The van der Waals surface area contributed by atoms with Gasteiger partial charge in [-0.15, -0.1) is 0 Å². The van der Waals surface area contributed by atoms with Crippen LogP contribution in [0.3, 0.4) is 0 Å². The van der Waals surface area contributed by atoms with Gasteiger partial charge in [0.05, 0.1) is 6.21 Å². The molecule has 5 heteroatoms. The number of hydrogen-bond acceptors (Lipinski definition) is 4. The molecule has 0 amide bonds. The lowest BCUT2D eigenvalue weighted by molar-refractivity contribution is -0.139. The molecule has 2 unspecified atom stereocenters. The molecule has 5 nitrogen and oxygen atoms in total. The van der Waals surface area contributed by atoms with Gasteiger partial charge in [-0.2, -0.15) is 5.10 Å². The number of benzene rings is 1. The van der Waals surface area contributed by atoms with Crippen LogP contribution in [0.15, 0.2) is 29.4 Å². The molecule has 1 N–H and O–H groups in total. The summed E-state index contributed by atoms with van der Waals surface area (Å²) in [6.45, 7) is 4.01. The minimum atomic E-state index is -0.986. The molecule has 1 fully saturated rings. The van der Waals surface area contributed by atoms with E-state index < -0.39 is 5.97 Å². The number of hydrogen-bond donors (Lipinski definition) is 1. The van der Waals surface area contributed by atoms with Crippen molar-refractivity contribution in [2.75, 3.05) is 6.61 Å². The van der Waals surface area contributed by atoms with E-state index in [1.807, 2.05) is 18.2 Å². The lowest BCUT2D eigenvalue weighted by Crippen LogP contribution is -2.39. The zero-order valence-corrected chi connectivity index (χ0v) is 12.5. The summed E-state index contributed by atoms with van der Waals surface area (Å²) in [6, 6.07) is 8.20. The maximum atomic E-state index is 10.6. The molecule has 2 rings (SSSR count). The zero-order chi connectivity index (χ0) is 15.2. The number of hydrazone groups is 1. The standard InChI is InChI=1S/C16H22N2O3/c1-12-6-5-7-13(2)18(12)17-10-14-8-3-4-9-15(14)21-11-16(19)20/h3-4,8-10,12-13H,5-7,11H2,1-2H3,(H,19,20). The summed E-state index contributed by atoms with van der Waals surface area (Å²) in [6.07, 6.45) is 5.31. The van der Waals surface area contributed by atoms with Crippen LogP contribution in [0, 0.1) is 0 Å². The second-order valence-corrected chi connectivity index (χ2v) is 5.47. The molecule has 1 saturated heterocycles. The second-order valence-electron chi connectivity index (χ2n) is 5.47. The van der Waals surface area contributed by atoms with E-state index in [1.54, 1.807) is 12.3 Å². The molecular weight excluding hydrogens is 268 g/mol. The van der Waals surface area contributed by atoms with Crippen LogP contribution in [-0.2, 0) is 4.79 Å². The highest BCUT2D eigenvalue weighted by Crippen LogP contribution is 2.23. The van der Waals surface area contributed by atoms with Crippen LogP contribution in [0.25, 0.3) is 0 Å². The van der Waals surface area contributed by atoms with Crippen molar-refractivity contribution < 1.29 is 14.6 Å². The van der Waals surface area contributed by atoms with E-state index in [9.17, 15) is 4.79 Å². The number of ether oxygens (including phenoxy) is 1. The van der Waals surface area contributed by atoms with Crippen molar-refractivity contribution >= 4 is 12.2 Å². The van der Waals surface area contributed by atoms with Crippen molar-refractivity contribution in [3.8, 4) is 5.75 Å². The average Bonchev–Trinajstić information content (AvgIpc) is 2.45. The van der Waals surface area contributed by atoms with Crippen LogP contribution in [0.1, 0.15) is 38.7 Å². The monoisotopic (exact) mass is 290 g/mol. The molecule has 21 heavy (non-hydrogen) atoms. The maximum Gasteiger partial charge on any atom is 0.341 e. The van der Waals surface area contributed by atoms with Gasteiger partial charge in [0.2, 0.25) is 0 Å². The molecule has 1 aliphatic rings. The van der Waals surface area contributed by atoms with Gasteiger partial charge in [-0.3, -0.25) is 5.01 Å². The van der Waals surface area contributed by atoms with Crippen molar-refractivity contribution in [1.82, 2.24) is 5.01 Å². The average molecular weight is 290 g/mol.